The number of phenolic OH excluding ortho intramolecular Hbond substituents is 1. The molecule has 2 unspecified atom stereocenters. The zero-order valence-corrected chi connectivity index (χ0v) is 13.3. The summed E-state index contributed by atoms with van der Waals surface area (Å²) < 4.78 is 6.05. The van der Waals surface area contributed by atoms with E-state index in [1.807, 2.05) is 6.07 Å². The first kappa shape index (κ1) is 15.2. The number of phenols is 1. The number of fused-ring (bicyclic) bond motifs is 1. The van der Waals surface area contributed by atoms with Crippen LogP contribution in [0.25, 0.3) is 0 Å². The Morgan fingerprint density at radius 1 is 1.40 bits per heavy atom. The molecule has 0 spiro atoms. The van der Waals surface area contributed by atoms with Gasteiger partial charge in [-0.2, -0.15) is 0 Å². The van der Waals surface area contributed by atoms with Crippen LogP contribution in [-0.4, -0.2) is 28.2 Å². The number of hydrogen-bond donors (Lipinski definition) is 1. The summed E-state index contributed by atoms with van der Waals surface area (Å²) in [6.07, 6.45) is 2.11. The van der Waals surface area contributed by atoms with Gasteiger partial charge in [-0.05, 0) is 39.8 Å². The molecule has 0 radical (unpaired) electrons. The SMILES string of the molecule is CCC(C)N(CC)C1CC(C)(C)Oc2cc(O)ccc21. The molecule has 3 heteroatoms. The maximum Gasteiger partial charge on any atom is 0.128 e. The summed E-state index contributed by atoms with van der Waals surface area (Å²) in [5, 5.41) is 9.70. The summed E-state index contributed by atoms with van der Waals surface area (Å²) in [7, 11) is 0. The van der Waals surface area contributed by atoms with Crippen LogP contribution in [-0.2, 0) is 0 Å². The molecule has 0 saturated heterocycles. The van der Waals surface area contributed by atoms with Crippen LogP contribution in [0.2, 0.25) is 0 Å². The third kappa shape index (κ3) is 2.93. The number of hydrogen-bond acceptors (Lipinski definition) is 3. The summed E-state index contributed by atoms with van der Waals surface area (Å²) in [6, 6.07) is 6.41. The molecule has 1 aromatic carbocycles. The van der Waals surface area contributed by atoms with E-state index in [4.69, 9.17) is 4.74 Å². The second kappa shape index (κ2) is 5.65. The van der Waals surface area contributed by atoms with E-state index in [0.717, 1.165) is 25.1 Å². The van der Waals surface area contributed by atoms with Crippen molar-refractivity contribution in [3.8, 4) is 11.5 Å². The fourth-order valence-electron chi connectivity index (χ4n) is 3.17. The smallest absolute Gasteiger partial charge is 0.128 e. The van der Waals surface area contributed by atoms with Gasteiger partial charge < -0.3 is 9.84 Å². The van der Waals surface area contributed by atoms with Gasteiger partial charge in [-0.25, -0.2) is 0 Å². The topological polar surface area (TPSA) is 32.7 Å². The van der Waals surface area contributed by atoms with E-state index in [0.29, 0.717) is 12.1 Å². The molecular formula is C17H27NO2. The highest BCUT2D eigenvalue weighted by atomic mass is 16.5. The van der Waals surface area contributed by atoms with Crippen LogP contribution in [0, 0.1) is 0 Å². The van der Waals surface area contributed by atoms with Gasteiger partial charge >= 0.3 is 0 Å². The molecule has 0 aromatic heterocycles. The maximum atomic E-state index is 9.70. The van der Waals surface area contributed by atoms with Gasteiger partial charge in [0.05, 0.1) is 0 Å². The van der Waals surface area contributed by atoms with Gasteiger partial charge in [0.1, 0.15) is 17.1 Å². The molecule has 0 bridgehead atoms. The third-order valence-electron chi connectivity index (χ3n) is 4.35. The molecule has 2 atom stereocenters. The van der Waals surface area contributed by atoms with E-state index in [1.165, 1.54) is 5.56 Å². The fraction of sp³-hybridized carbons (Fsp3) is 0.647. The lowest BCUT2D eigenvalue weighted by Crippen LogP contribution is -2.44. The largest absolute Gasteiger partial charge is 0.508 e. The third-order valence-corrected chi connectivity index (χ3v) is 4.35. The molecule has 112 valence electrons. The van der Waals surface area contributed by atoms with Gasteiger partial charge in [0.2, 0.25) is 0 Å². The number of benzene rings is 1. The number of aromatic hydroxyl groups is 1. The Kier molecular flexibility index (Phi) is 4.28. The average molecular weight is 277 g/mol. The molecule has 0 aliphatic carbocycles. The van der Waals surface area contributed by atoms with Crippen molar-refractivity contribution in [2.24, 2.45) is 0 Å². The highest BCUT2D eigenvalue weighted by Gasteiger charge is 2.37. The highest BCUT2D eigenvalue weighted by molar-refractivity contribution is 5.44. The standard InChI is InChI=1S/C17H27NO2/c1-6-12(3)18(7-2)15-11-17(4,5)20-16-10-13(19)8-9-14(15)16/h8-10,12,15,19H,6-7,11H2,1-5H3. The van der Waals surface area contributed by atoms with Crippen molar-refractivity contribution in [1.29, 1.82) is 0 Å². The maximum absolute atomic E-state index is 9.70. The number of nitrogens with zero attached hydrogens (tertiary/aromatic N) is 1. The zero-order chi connectivity index (χ0) is 14.9. The van der Waals surface area contributed by atoms with Crippen molar-refractivity contribution < 1.29 is 9.84 Å². The first-order chi connectivity index (χ1) is 9.38. The minimum Gasteiger partial charge on any atom is -0.508 e. The van der Waals surface area contributed by atoms with Crippen molar-refractivity contribution in [3.63, 3.8) is 0 Å². The average Bonchev–Trinajstić information content (AvgIpc) is 2.37. The van der Waals surface area contributed by atoms with Gasteiger partial charge in [-0.15, -0.1) is 0 Å². The highest BCUT2D eigenvalue weighted by Crippen LogP contribution is 2.44. The van der Waals surface area contributed by atoms with Crippen LogP contribution >= 0.6 is 0 Å². The van der Waals surface area contributed by atoms with Crippen molar-refractivity contribution in [1.82, 2.24) is 4.90 Å². The van der Waals surface area contributed by atoms with E-state index in [2.05, 4.69) is 39.5 Å². The van der Waals surface area contributed by atoms with E-state index < -0.39 is 0 Å². The van der Waals surface area contributed by atoms with Crippen LogP contribution in [0.15, 0.2) is 18.2 Å². The van der Waals surface area contributed by atoms with E-state index >= 15 is 0 Å². The second-order valence-electron chi connectivity index (χ2n) is 6.39. The first-order valence-electron chi connectivity index (χ1n) is 7.65. The van der Waals surface area contributed by atoms with Gasteiger partial charge in [-0.1, -0.05) is 19.9 Å². The van der Waals surface area contributed by atoms with Crippen molar-refractivity contribution >= 4 is 0 Å². The molecule has 1 aliphatic heterocycles. The summed E-state index contributed by atoms with van der Waals surface area (Å²) in [6.45, 7) is 12.0. The van der Waals surface area contributed by atoms with Crippen LogP contribution in [0.4, 0.5) is 0 Å². The Balaban J connectivity index is 2.43. The lowest BCUT2D eigenvalue weighted by molar-refractivity contribution is 0.0182. The summed E-state index contributed by atoms with van der Waals surface area (Å²) in [5.74, 6) is 1.10. The van der Waals surface area contributed by atoms with Crippen molar-refractivity contribution in [2.45, 2.75) is 65.1 Å². The van der Waals surface area contributed by atoms with Crippen molar-refractivity contribution in [2.75, 3.05) is 6.54 Å². The van der Waals surface area contributed by atoms with Crippen LogP contribution in [0.3, 0.4) is 0 Å². The molecule has 1 N–H and O–H groups in total. The predicted molar refractivity (Wildman–Crippen MR) is 82.3 cm³/mol. The van der Waals surface area contributed by atoms with Crippen LogP contribution < -0.4 is 4.74 Å². The molecule has 20 heavy (non-hydrogen) atoms. The van der Waals surface area contributed by atoms with Gasteiger partial charge in [0.25, 0.3) is 0 Å². The minimum atomic E-state index is -0.202. The predicted octanol–water partition coefficient (Wildman–Crippen LogP) is 4.11. The van der Waals surface area contributed by atoms with Crippen molar-refractivity contribution in [3.05, 3.63) is 23.8 Å². The zero-order valence-electron chi connectivity index (χ0n) is 13.3. The van der Waals surface area contributed by atoms with E-state index in [9.17, 15) is 5.11 Å². The fourth-order valence-corrected chi connectivity index (χ4v) is 3.17. The van der Waals surface area contributed by atoms with Gasteiger partial charge in [0.15, 0.2) is 0 Å². The summed E-state index contributed by atoms with van der Waals surface area (Å²) in [4.78, 5) is 2.54. The molecule has 2 rings (SSSR count). The van der Waals surface area contributed by atoms with E-state index in [-0.39, 0.29) is 11.4 Å². The van der Waals surface area contributed by atoms with Crippen LogP contribution in [0.1, 0.15) is 59.1 Å². The Bertz CT molecular complexity index is 470. The quantitative estimate of drug-likeness (QED) is 0.898. The molecule has 1 aromatic rings. The minimum absolute atomic E-state index is 0.202. The lowest BCUT2D eigenvalue weighted by atomic mass is 9.87. The first-order valence-corrected chi connectivity index (χ1v) is 7.65. The monoisotopic (exact) mass is 277 g/mol. The summed E-state index contributed by atoms with van der Waals surface area (Å²) in [5.41, 5.74) is 0.996. The Morgan fingerprint density at radius 3 is 2.70 bits per heavy atom. The molecule has 0 fully saturated rings. The lowest BCUT2D eigenvalue weighted by Gasteiger charge is -2.44. The molecular weight excluding hydrogens is 250 g/mol. The number of ether oxygens (including phenoxy) is 1. The molecule has 0 saturated carbocycles. The normalized spacial score (nSPS) is 22.2. The van der Waals surface area contributed by atoms with Gasteiger partial charge in [-0.3, -0.25) is 4.90 Å². The Morgan fingerprint density at radius 2 is 2.10 bits per heavy atom. The Hall–Kier alpha value is -1.22. The molecule has 1 aliphatic rings. The van der Waals surface area contributed by atoms with E-state index in [1.54, 1.807) is 12.1 Å². The second-order valence-corrected chi connectivity index (χ2v) is 6.39. The number of rotatable bonds is 4. The van der Waals surface area contributed by atoms with Crippen LogP contribution in [0.5, 0.6) is 11.5 Å². The Labute approximate surface area is 122 Å². The molecule has 3 nitrogen and oxygen atoms in total. The summed E-state index contributed by atoms with van der Waals surface area (Å²) >= 11 is 0. The molecule has 0 amide bonds. The molecule has 1 heterocycles. The van der Waals surface area contributed by atoms with Gasteiger partial charge in [0, 0.05) is 30.1 Å².